The van der Waals surface area contributed by atoms with Crippen LogP contribution in [-0.2, 0) is 0 Å². The minimum atomic E-state index is -0.423. The van der Waals surface area contributed by atoms with E-state index in [1.54, 1.807) is 24.3 Å². The molecule has 0 atom stereocenters. The zero-order chi connectivity index (χ0) is 20.4. The van der Waals surface area contributed by atoms with Gasteiger partial charge >= 0.3 is 5.97 Å². The molecule has 29 heavy (non-hydrogen) atoms. The lowest BCUT2D eigenvalue weighted by Gasteiger charge is -2.11. The fourth-order valence-corrected chi connectivity index (χ4v) is 3.27. The lowest BCUT2D eigenvalue weighted by molar-refractivity contribution is 0.0737. The molecule has 4 rings (SSSR count). The second-order valence-corrected chi connectivity index (χ2v) is 7.11. The van der Waals surface area contributed by atoms with Crippen LogP contribution in [0.5, 0.6) is 5.75 Å². The smallest absolute Gasteiger partial charge is 0.343 e. The average Bonchev–Trinajstić information content (AvgIpc) is 2.74. The summed E-state index contributed by atoms with van der Waals surface area (Å²) >= 11 is 0. The van der Waals surface area contributed by atoms with Crippen molar-refractivity contribution in [1.82, 2.24) is 0 Å². The first kappa shape index (κ1) is 18.6. The first-order valence-corrected chi connectivity index (χ1v) is 9.45. The Hall–Kier alpha value is -3.72. The van der Waals surface area contributed by atoms with Gasteiger partial charge in [-0.1, -0.05) is 71.8 Å². The molecule has 0 fully saturated rings. The highest BCUT2D eigenvalue weighted by Crippen LogP contribution is 2.30. The van der Waals surface area contributed by atoms with E-state index in [9.17, 15) is 9.59 Å². The van der Waals surface area contributed by atoms with Gasteiger partial charge in [-0.2, -0.15) is 0 Å². The molecular formula is C26H20O3. The fraction of sp³-hybridized carbons (Fsp3) is 0.0769. The van der Waals surface area contributed by atoms with Gasteiger partial charge in [-0.15, -0.1) is 0 Å². The molecule has 0 amide bonds. The summed E-state index contributed by atoms with van der Waals surface area (Å²) in [5.74, 6) is -0.0444. The summed E-state index contributed by atoms with van der Waals surface area (Å²) in [5.41, 5.74) is 3.87. The first-order chi connectivity index (χ1) is 14.0. The number of aryl methyl sites for hydroxylation is 2. The minimum Gasteiger partial charge on any atom is -0.422 e. The van der Waals surface area contributed by atoms with Gasteiger partial charge in [0.15, 0.2) is 5.78 Å². The molecule has 0 aliphatic rings. The van der Waals surface area contributed by atoms with Crippen LogP contribution in [0.25, 0.3) is 10.8 Å². The van der Waals surface area contributed by atoms with E-state index in [4.69, 9.17) is 4.74 Å². The molecule has 0 radical (unpaired) electrons. The van der Waals surface area contributed by atoms with Crippen LogP contribution in [0.3, 0.4) is 0 Å². The van der Waals surface area contributed by atoms with Crippen molar-refractivity contribution < 1.29 is 14.3 Å². The third-order valence-corrected chi connectivity index (χ3v) is 4.93. The molecule has 0 aliphatic carbocycles. The predicted molar refractivity (Wildman–Crippen MR) is 115 cm³/mol. The van der Waals surface area contributed by atoms with E-state index >= 15 is 0 Å². The summed E-state index contributed by atoms with van der Waals surface area (Å²) in [4.78, 5) is 25.6. The Morgan fingerprint density at radius 1 is 0.621 bits per heavy atom. The van der Waals surface area contributed by atoms with E-state index in [2.05, 4.69) is 0 Å². The van der Waals surface area contributed by atoms with Crippen LogP contribution >= 0.6 is 0 Å². The van der Waals surface area contributed by atoms with Crippen LogP contribution in [0.15, 0.2) is 84.9 Å². The average molecular weight is 380 g/mol. The van der Waals surface area contributed by atoms with Crippen LogP contribution in [-0.4, -0.2) is 11.8 Å². The van der Waals surface area contributed by atoms with E-state index in [-0.39, 0.29) is 5.78 Å². The van der Waals surface area contributed by atoms with Gasteiger partial charge in [0.05, 0.1) is 5.56 Å². The second kappa shape index (κ2) is 7.72. The number of ketones is 1. The molecule has 4 aromatic carbocycles. The first-order valence-electron chi connectivity index (χ1n) is 9.45. The van der Waals surface area contributed by atoms with Gasteiger partial charge in [-0.05, 0) is 43.5 Å². The van der Waals surface area contributed by atoms with Gasteiger partial charge in [0.1, 0.15) is 5.75 Å². The lowest BCUT2D eigenvalue weighted by Crippen LogP contribution is -2.09. The van der Waals surface area contributed by atoms with Crippen molar-refractivity contribution in [3.05, 3.63) is 113 Å². The van der Waals surface area contributed by atoms with Gasteiger partial charge in [-0.25, -0.2) is 4.79 Å². The van der Waals surface area contributed by atoms with Crippen molar-refractivity contribution in [1.29, 1.82) is 0 Å². The molecule has 142 valence electrons. The highest BCUT2D eigenvalue weighted by atomic mass is 16.5. The Morgan fingerprint density at radius 3 is 1.79 bits per heavy atom. The zero-order valence-corrected chi connectivity index (χ0v) is 16.3. The standard InChI is InChI=1S/C26H20O3/c1-17-7-11-19(12-8-17)25(27)23-15-16-24(22-6-4-3-5-21(22)23)29-26(28)20-13-9-18(2)10-14-20/h3-16H,1-2H3. The maximum absolute atomic E-state index is 13.1. The third-order valence-electron chi connectivity index (χ3n) is 4.93. The summed E-state index contributed by atoms with van der Waals surface area (Å²) in [6.45, 7) is 3.95. The predicted octanol–water partition coefficient (Wildman–Crippen LogP) is 5.91. The van der Waals surface area contributed by atoms with Gasteiger partial charge < -0.3 is 4.74 Å². The molecule has 0 bridgehead atoms. The highest BCUT2D eigenvalue weighted by Gasteiger charge is 2.17. The summed E-state index contributed by atoms with van der Waals surface area (Å²) in [6, 6.07) is 25.6. The van der Waals surface area contributed by atoms with Gasteiger partial charge in [0.25, 0.3) is 0 Å². The molecule has 0 unspecified atom stereocenters. The number of fused-ring (bicyclic) bond motifs is 1. The molecule has 0 N–H and O–H groups in total. The summed E-state index contributed by atoms with van der Waals surface area (Å²) in [6.07, 6.45) is 0. The monoisotopic (exact) mass is 380 g/mol. The summed E-state index contributed by atoms with van der Waals surface area (Å²) < 4.78 is 5.66. The molecule has 0 saturated heterocycles. The zero-order valence-electron chi connectivity index (χ0n) is 16.3. The fourth-order valence-electron chi connectivity index (χ4n) is 3.27. The number of carbonyl (C=O) groups is 2. The molecular weight excluding hydrogens is 360 g/mol. The number of hydrogen-bond acceptors (Lipinski definition) is 3. The Morgan fingerprint density at radius 2 is 1.17 bits per heavy atom. The number of hydrogen-bond donors (Lipinski definition) is 0. The van der Waals surface area contributed by atoms with E-state index in [0.717, 1.165) is 21.9 Å². The van der Waals surface area contributed by atoms with Crippen LogP contribution in [0.4, 0.5) is 0 Å². The highest BCUT2D eigenvalue weighted by molar-refractivity contribution is 6.17. The third kappa shape index (κ3) is 3.81. The van der Waals surface area contributed by atoms with E-state index in [1.165, 1.54) is 0 Å². The topological polar surface area (TPSA) is 43.4 Å². The largest absolute Gasteiger partial charge is 0.422 e. The Kier molecular flexibility index (Phi) is 4.96. The van der Waals surface area contributed by atoms with E-state index < -0.39 is 5.97 Å². The van der Waals surface area contributed by atoms with Crippen LogP contribution in [0, 0.1) is 13.8 Å². The second-order valence-electron chi connectivity index (χ2n) is 7.11. The summed E-state index contributed by atoms with van der Waals surface area (Å²) in [5, 5.41) is 1.48. The SMILES string of the molecule is Cc1ccc(C(=O)Oc2ccc(C(=O)c3ccc(C)cc3)c3ccccc23)cc1. The summed E-state index contributed by atoms with van der Waals surface area (Å²) in [7, 11) is 0. The van der Waals surface area contributed by atoms with Crippen molar-refractivity contribution in [2.45, 2.75) is 13.8 Å². The van der Waals surface area contributed by atoms with Crippen molar-refractivity contribution in [3.63, 3.8) is 0 Å². The number of carbonyl (C=O) groups excluding carboxylic acids is 2. The Labute approximate surface area is 169 Å². The van der Waals surface area contributed by atoms with Crippen molar-refractivity contribution in [2.24, 2.45) is 0 Å². The Balaban J connectivity index is 1.72. The van der Waals surface area contributed by atoms with Gasteiger partial charge in [0.2, 0.25) is 0 Å². The van der Waals surface area contributed by atoms with Crippen LogP contribution in [0.1, 0.15) is 37.4 Å². The molecule has 0 spiro atoms. The van der Waals surface area contributed by atoms with Gasteiger partial charge in [0, 0.05) is 16.5 Å². The lowest BCUT2D eigenvalue weighted by atomic mass is 9.96. The molecule has 4 aromatic rings. The molecule has 0 aliphatic heterocycles. The normalized spacial score (nSPS) is 10.7. The Bertz CT molecular complexity index is 1200. The number of benzene rings is 4. The van der Waals surface area contributed by atoms with E-state index in [1.807, 2.05) is 74.5 Å². The number of esters is 1. The number of rotatable bonds is 4. The quantitative estimate of drug-likeness (QED) is 0.251. The molecule has 3 nitrogen and oxygen atoms in total. The maximum Gasteiger partial charge on any atom is 0.343 e. The molecule has 0 heterocycles. The molecule has 3 heteroatoms. The maximum atomic E-state index is 13.1. The van der Waals surface area contributed by atoms with Crippen molar-refractivity contribution >= 4 is 22.5 Å². The van der Waals surface area contributed by atoms with Gasteiger partial charge in [-0.3, -0.25) is 4.79 Å². The minimum absolute atomic E-state index is 0.0578. The number of ether oxygens (including phenoxy) is 1. The van der Waals surface area contributed by atoms with Crippen LogP contribution in [0.2, 0.25) is 0 Å². The van der Waals surface area contributed by atoms with Crippen LogP contribution < -0.4 is 4.74 Å². The van der Waals surface area contributed by atoms with Crippen molar-refractivity contribution in [3.8, 4) is 5.75 Å². The van der Waals surface area contributed by atoms with E-state index in [0.29, 0.717) is 22.4 Å². The molecule has 0 aromatic heterocycles. The molecule has 0 saturated carbocycles. The van der Waals surface area contributed by atoms with Crippen molar-refractivity contribution in [2.75, 3.05) is 0 Å².